The Balaban J connectivity index is 2.35. The summed E-state index contributed by atoms with van der Waals surface area (Å²) in [6, 6.07) is 10.5. The van der Waals surface area contributed by atoms with Gasteiger partial charge in [0.15, 0.2) is 0 Å². The van der Waals surface area contributed by atoms with E-state index >= 15 is 0 Å². The molecule has 0 saturated heterocycles. The average Bonchev–Trinajstić information content (AvgIpc) is 2.67. The smallest absolute Gasteiger partial charge is 0.0923 e. The van der Waals surface area contributed by atoms with Crippen LogP contribution in [0.5, 0.6) is 0 Å². The first-order valence-electron chi connectivity index (χ1n) is 5.60. The van der Waals surface area contributed by atoms with Gasteiger partial charge in [-0.1, -0.05) is 29.8 Å². The van der Waals surface area contributed by atoms with Gasteiger partial charge >= 0.3 is 0 Å². The molecular formula is C14H18N2. The van der Waals surface area contributed by atoms with Gasteiger partial charge in [-0.05, 0) is 33.8 Å². The zero-order valence-electron chi connectivity index (χ0n) is 10.4. The van der Waals surface area contributed by atoms with Crippen molar-refractivity contribution < 1.29 is 0 Å². The second-order valence-electron chi connectivity index (χ2n) is 5.18. The zero-order chi connectivity index (χ0) is 11.8. The molecule has 84 valence electrons. The van der Waals surface area contributed by atoms with Crippen LogP contribution in [0.25, 0.3) is 11.3 Å². The quantitative estimate of drug-likeness (QED) is 0.709. The Morgan fingerprint density at radius 3 is 2.12 bits per heavy atom. The third-order valence-electron chi connectivity index (χ3n) is 2.62. The molecule has 1 heterocycles. The van der Waals surface area contributed by atoms with Crippen LogP contribution in [0.1, 0.15) is 26.3 Å². The third kappa shape index (κ3) is 2.16. The number of hydrogen-bond donors (Lipinski definition) is 0. The molecule has 2 rings (SSSR count). The predicted molar refractivity (Wildman–Crippen MR) is 67.4 cm³/mol. The van der Waals surface area contributed by atoms with E-state index in [1.54, 1.807) is 0 Å². The van der Waals surface area contributed by atoms with Gasteiger partial charge in [0, 0.05) is 11.8 Å². The molecule has 0 fully saturated rings. The van der Waals surface area contributed by atoms with E-state index in [2.05, 4.69) is 63.1 Å². The summed E-state index contributed by atoms with van der Waals surface area (Å²) >= 11 is 0. The molecule has 16 heavy (non-hydrogen) atoms. The lowest BCUT2D eigenvalue weighted by molar-refractivity contribution is 0.356. The van der Waals surface area contributed by atoms with Gasteiger partial charge in [0.2, 0.25) is 0 Å². The minimum absolute atomic E-state index is 0.0446. The molecule has 0 aliphatic rings. The SMILES string of the molecule is Cc1ccc(-c2ccn(C(C)(C)C)n2)cc1. The highest BCUT2D eigenvalue weighted by molar-refractivity contribution is 5.58. The monoisotopic (exact) mass is 214 g/mol. The number of nitrogens with zero attached hydrogens (tertiary/aromatic N) is 2. The molecule has 1 aromatic carbocycles. The largest absolute Gasteiger partial charge is 0.267 e. The molecule has 0 atom stereocenters. The van der Waals surface area contributed by atoms with Gasteiger partial charge in [-0.2, -0.15) is 5.10 Å². The fourth-order valence-electron chi connectivity index (χ4n) is 1.58. The van der Waals surface area contributed by atoms with Crippen molar-refractivity contribution >= 4 is 0 Å². The number of benzene rings is 1. The van der Waals surface area contributed by atoms with Crippen LogP contribution in [-0.4, -0.2) is 9.78 Å². The molecular weight excluding hydrogens is 196 g/mol. The Bertz CT molecular complexity index is 472. The molecule has 0 aliphatic heterocycles. The standard InChI is InChI=1S/C14H18N2/c1-11-5-7-12(8-6-11)13-9-10-16(15-13)14(2,3)4/h5-10H,1-4H3. The van der Waals surface area contributed by atoms with E-state index in [0.717, 1.165) is 5.69 Å². The highest BCUT2D eigenvalue weighted by Gasteiger charge is 2.14. The highest BCUT2D eigenvalue weighted by Crippen LogP contribution is 2.20. The van der Waals surface area contributed by atoms with E-state index in [-0.39, 0.29) is 5.54 Å². The van der Waals surface area contributed by atoms with Crippen molar-refractivity contribution in [2.45, 2.75) is 33.2 Å². The van der Waals surface area contributed by atoms with E-state index in [1.165, 1.54) is 11.1 Å². The topological polar surface area (TPSA) is 17.8 Å². The molecule has 0 saturated carbocycles. The molecule has 1 aromatic heterocycles. The summed E-state index contributed by atoms with van der Waals surface area (Å²) in [6.07, 6.45) is 2.04. The molecule has 0 aliphatic carbocycles. The van der Waals surface area contributed by atoms with Crippen LogP contribution < -0.4 is 0 Å². The van der Waals surface area contributed by atoms with Gasteiger partial charge in [-0.3, -0.25) is 4.68 Å². The van der Waals surface area contributed by atoms with Gasteiger partial charge in [0.1, 0.15) is 0 Å². The first kappa shape index (κ1) is 10.9. The predicted octanol–water partition coefficient (Wildman–Crippen LogP) is 3.61. The zero-order valence-corrected chi connectivity index (χ0v) is 10.4. The minimum Gasteiger partial charge on any atom is -0.267 e. The third-order valence-corrected chi connectivity index (χ3v) is 2.62. The second-order valence-corrected chi connectivity index (χ2v) is 5.18. The maximum absolute atomic E-state index is 4.60. The van der Waals surface area contributed by atoms with E-state index in [1.807, 2.05) is 10.9 Å². The summed E-state index contributed by atoms with van der Waals surface area (Å²) in [5.74, 6) is 0. The Morgan fingerprint density at radius 1 is 1.00 bits per heavy atom. The van der Waals surface area contributed by atoms with Crippen LogP contribution in [0.2, 0.25) is 0 Å². The lowest BCUT2D eigenvalue weighted by atomic mass is 10.1. The van der Waals surface area contributed by atoms with Gasteiger partial charge in [-0.25, -0.2) is 0 Å². The summed E-state index contributed by atoms with van der Waals surface area (Å²) in [5, 5.41) is 4.60. The number of aryl methyl sites for hydroxylation is 1. The first-order valence-corrected chi connectivity index (χ1v) is 5.60. The van der Waals surface area contributed by atoms with Crippen LogP contribution >= 0.6 is 0 Å². The van der Waals surface area contributed by atoms with E-state index in [0.29, 0.717) is 0 Å². The van der Waals surface area contributed by atoms with Crippen molar-refractivity contribution in [1.29, 1.82) is 0 Å². The molecule has 0 radical (unpaired) electrons. The molecule has 0 unspecified atom stereocenters. The maximum Gasteiger partial charge on any atom is 0.0923 e. The Hall–Kier alpha value is -1.57. The van der Waals surface area contributed by atoms with Crippen molar-refractivity contribution in [2.75, 3.05) is 0 Å². The molecule has 2 nitrogen and oxygen atoms in total. The average molecular weight is 214 g/mol. The van der Waals surface area contributed by atoms with Crippen molar-refractivity contribution in [3.05, 3.63) is 42.1 Å². The fourth-order valence-corrected chi connectivity index (χ4v) is 1.58. The maximum atomic E-state index is 4.60. The summed E-state index contributed by atoms with van der Waals surface area (Å²) in [4.78, 5) is 0. The van der Waals surface area contributed by atoms with Crippen LogP contribution in [-0.2, 0) is 5.54 Å². The van der Waals surface area contributed by atoms with Crippen LogP contribution in [0.15, 0.2) is 36.5 Å². The Morgan fingerprint density at radius 2 is 1.62 bits per heavy atom. The number of aromatic nitrogens is 2. The summed E-state index contributed by atoms with van der Waals surface area (Å²) < 4.78 is 2.00. The molecule has 0 amide bonds. The van der Waals surface area contributed by atoms with Gasteiger partial charge in [-0.15, -0.1) is 0 Å². The van der Waals surface area contributed by atoms with Gasteiger partial charge < -0.3 is 0 Å². The van der Waals surface area contributed by atoms with Crippen LogP contribution in [0, 0.1) is 6.92 Å². The van der Waals surface area contributed by atoms with E-state index < -0.39 is 0 Å². The van der Waals surface area contributed by atoms with Crippen molar-refractivity contribution in [3.63, 3.8) is 0 Å². The molecule has 0 N–H and O–H groups in total. The van der Waals surface area contributed by atoms with Crippen molar-refractivity contribution in [1.82, 2.24) is 9.78 Å². The molecule has 0 spiro atoms. The number of hydrogen-bond acceptors (Lipinski definition) is 1. The lowest BCUT2D eigenvalue weighted by Crippen LogP contribution is -2.22. The van der Waals surface area contributed by atoms with E-state index in [9.17, 15) is 0 Å². The van der Waals surface area contributed by atoms with Crippen LogP contribution in [0.3, 0.4) is 0 Å². The first-order chi connectivity index (χ1) is 7.47. The minimum atomic E-state index is 0.0446. The van der Waals surface area contributed by atoms with Crippen LogP contribution in [0.4, 0.5) is 0 Å². The normalized spacial score (nSPS) is 11.8. The number of rotatable bonds is 1. The Kier molecular flexibility index (Phi) is 2.58. The molecule has 0 bridgehead atoms. The highest BCUT2D eigenvalue weighted by atomic mass is 15.3. The summed E-state index contributed by atoms with van der Waals surface area (Å²) in [6.45, 7) is 8.55. The molecule has 2 aromatic rings. The summed E-state index contributed by atoms with van der Waals surface area (Å²) in [5.41, 5.74) is 3.53. The van der Waals surface area contributed by atoms with Gasteiger partial charge in [0.05, 0.1) is 11.2 Å². The fraction of sp³-hybridized carbons (Fsp3) is 0.357. The van der Waals surface area contributed by atoms with Gasteiger partial charge in [0.25, 0.3) is 0 Å². The summed E-state index contributed by atoms with van der Waals surface area (Å²) in [7, 11) is 0. The van der Waals surface area contributed by atoms with Crippen molar-refractivity contribution in [3.8, 4) is 11.3 Å². The van der Waals surface area contributed by atoms with E-state index in [4.69, 9.17) is 0 Å². The molecule has 2 heteroatoms. The second kappa shape index (κ2) is 3.78. The van der Waals surface area contributed by atoms with Crippen molar-refractivity contribution in [2.24, 2.45) is 0 Å². The Labute approximate surface area is 96.9 Å². The lowest BCUT2D eigenvalue weighted by Gasteiger charge is -2.18.